The lowest BCUT2D eigenvalue weighted by Crippen LogP contribution is -2.45. The van der Waals surface area contributed by atoms with Gasteiger partial charge in [-0.25, -0.2) is 12.8 Å². The maximum atomic E-state index is 13.1. The van der Waals surface area contributed by atoms with Crippen molar-refractivity contribution in [2.45, 2.75) is 23.5 Å². The second-order valence-corrected chi connectivity index (χ2v) is 9.62. The zero-order valence-corrected chi connectivity index (χ0v) is 17.0. The van der Waals surface area contributed by atoms with Crippen LogP contribution >= 0.6 is 11.8 Å². The van der Waals surface area contributed by atoms with E-state index in [9.17, 15) is 17.6 Å². The van der Waals surface area contributed by atoms with Crippen molar-refractivity contribution in [2.24, 2.45) is 5.92 Å². The average Bonchev–Trinajstić information content (AvgIpc) is 3.21. The van der Waals surface area contributed by atoms with Crippen molar-refractivity contribution in [3.05, 3.63) is 54.2 Å². The van der Waals surface area contributed by atoms with Crippen molar-refractivity contribution < 1.29 is 22.0 Å². The summed E-state index contributed by atoms with van der Waals surface area (Å²) >= 11 is 1.66. The van der Waals surface area contributed by atoms with Gasteiger partial charge in [0.15, 0.2) is 0 Å². The summed E-state index contributed by atoms with van der Waals surface area (Å²) in [5, 5.41) is 2.89. The number of halogens is 1. The number of hydrogen-bond donors (Lipinski definition) is 1. The summed E-state index contributed by atoms with van der Waals surface area (Å²) in [6.45, 7) is 1.03. The molecule has 1 unspecified atom stereocenters. The summed E-state index contributed by atoms with van der Waals surface area (Å²) in [5.74, 6) is 1.40. The topological polar surface area (TPSA) is 79.6 Å². The van der Waals surface area contributed by atoms with E-state index in [-0.39, 0.29) is 23.3 Å². The molecule has 0 spiro atoms. The fourth-order valence-corrected chi connectivity index (χ4v) is 5.37. The van der Waals surface area contributed by atoms with Gasteiger partial charge in [-0.3, -0.25) is 4.79 Å². The molecule has 1 aromatic carbocycles. The number of benzene rings is 1. The van der Waals surface area contributed by atoms with Crippen LogP contribution < -0.4 is 5.32 Å². The minimum Gasteiger partial charge on any atom is -0.468 e. The van der Waals surface area contributed by atoms with Gasteiger partial charge in [-0.05, 0) is 49.2 Å². The Kier molecular flexibility index (Phi) is 7.14. The van der Waals surface area contributed by atoms with Crippen molar-refractivity contribution in [3.63, 3.8) is 0 Å². The van der Waals surface area contributed by atoms with E-state index in [1.807, 2.05) is 12.1 Å². The average molecular weight is 427 g/mol. The maximum Gasteiger partial charge on any atom is 0.243 e. The van der Waals surface area contributed by atoms with Gasteiger partial charge >= 0.3 is 0 Å². The third kappa shape index (κ3) is 5.36. The van der Waals surface area contributed by atoms with Crippen molar-refractivity contribution in [1.29, 1.82) is 0 Å². The zero-order valence-electron chi connectivity index (χ0n) is 15.3. The fourth-order valence-electron chi connectivity index (χ4n) is 3.09. The quantitative estimate of drug-likeness (QED) is 0.657. The first kappa shape index (κ1) is 20.9. The van der Waals surface area contributed by atoms with E-state index in [4.69, 9.17) is 4.42 Å². The third-order valence-electron chi connectivity index (χ3n) is 4.58. The van der Waals surface area contributed by atoms with Crippen LogP contribution in [0.3, 0.4) is 0 Å². The molecule has 1 aliphatic rings. The van der Waals surface area contributed by atoms with Gasteiger partial charge in [-0.2, -0.15) is 16.1 Å². The van der Waals surface area contributed by atoms with Crippen molar-refractivity contribution in [3.8, 4) is 0 Å². The molecule has 1 aliphatic heterocycles. The SMILES string of the molecule is O=C(NCCSCc1ccco1)C1CCCN(S(=O)(=O)c2ccc(F)cc2)C1. The second kappa shape index (κ2) is 9.58. The van der Waals surface area contributed by atoms with Crippen LogP contribution in [-0.2, 0) is 20.6 Å². The molecule has 0 radical (unpaired) electrons. The Balaban J connectivity index is 1.48. The number of piperidine rings is 1. The molecule has 0 aliphatic carbocycles. The maximum absolute atomic E-state index is 13.1. The fraction of sp³-hybridized carbons (Fsp3) is 0.421. The first-order valence-corrected chi connectivity index (χ1v) is 11.7. The number of carbonyl (C=O) groups is 1. The molecule has 1 aromatic heterocycles. The molecule has 28 heavy (non-hydrogen) atoms. The Hall–Kier alpha value is -1.84. The Labute approximate surface area is 168 Å². The number of thioether (sulfide) groups is 1. The highest BCUT2D eigenvalue weighted by atomic mass is 32.2. The summed E-state index contributed by atoms with van der Waals surface area (Å²) in [6, 6.07) is 8.51. The number of rotatable bonds is 8. The molecule has 1 atom stereocenters. The van der Waals surface area contributed by atoms with Crippen LogP contribution in [0, 0.1) is 11.7 Å². The summed E-state index contributed by atoms with van der Waals surface area (Å²) < 4.78 is 45.1. The van der Waals surface area contributed by atoms with Gasteiger partial charge in [0.1, 0.15) is 11.6 Å². The minimum absolute atomic E-state index is 0.0456. The minimum atomic E-state index is -3.73. The van der Waals surface area contributed by atoms with Crippen LogP contribution in [0.2, 0.25) is 0 Å². The molecule has 1 fully saturated rings. The van der Waals surface area contributed by atoms with E-state index in [2.05, 4.69) is 5.32 Å². The summed E-state index contributed by atoms with van der Waals surface area (Å²) in [4.78, 5) is 12.5. The van der Waals surface area contributed by atoms with Gasteiger partial charge in [-0.15, -0.1) is 0 Å². The largest absolute Gasteiger partial charge is 0.468 e. The molecule has 152 valence electrons. The van der Waals surface area contributed by atoms with Crippen LogP contribution in [-0.4, -0.2) is 44.0 Å². The first-order chi connectivity index (χ1) is 13.5. The zero-order chi connectivity index (χ0) is 20.0. The molecule has 0 saturated carbocycles. The normalized spacial score (nSPS) is 18.1. The number of hydrogen-bond acceptors (Lipinski definition) is 5. The Morgan fingerprint density at radius 2 is 2.07 bits per heavy atom. The van der Waals surface area contributed by atoms with Gasteiger partial charge in [0.05, 0.1) is 22.8 Å². The Morgan fingerprint density at radius 3 is 2.79 bits per heavy atom. The monoisotopic (exact) mass is 426 g/mol. The van der Waals surface area contributed by atoms with E-state index in [1.54, 1.807) is 18.0 Å². The van der Waals surface area contributed by atoms with Gasteiger partial charge in [0.2, 0.25) is 15.9 Å². The lowest BCUT2D eigenvalue weighted by atomic mass is 9.99. The standard InChI is InChI=1S/C19H23FN2O4S2/c20-16-5-7-18(8-6-16)28(24,25)22-10-1-3-15(13-22)19(23)21-9-12-27-14-17-4-2-11-26-17/h2,4-8,11,15H,1,3,9-10,12-14H2,(H,21,23). The van der Waals surface area contributed by atoms with E-state index in [0.29, 0.717) is 25.9 Å². The van der Waals surface area contributed by atoms with E-state index in [1.165, 1.54) is 16.4 Å². The molecule has 1 N–H and O–H groups in total. The number of amides is 1. The number of furan rings is 1. The number of nitrogens with zero attached hydrogens (tertiary/aromatic N) is 1. The molecule has 9 heteroatoms. The van der Waals surface area contributed by atoms with E-state index in [0.717, 1.165) is 29.4 Å². The van der Waals surface area contributed by atoms with Gasteiger partial charge in [-0.1, -0.05) is 0 Å². The molecule has 1 amide bonds. The van der Waals surface area contributed by atoms with Crippen LogP contribution in [0.1, 0.15) is 18.6 Å². The number of sulfonamides is 1. The summed E-state index contributed by atoms with van der Waals surface area (Å²) in [5.41, 5.74) is 0. The van der Waals surface area contributed by atoms with Gasteiger partial charge in [0, 0.05) is 25.4 Å². The van der Waals surface area contributed by atoms with Crippen molar-refractivity contribution >= 4 is 27.7 Å². The molecule has 1 saturated heterocycles. The summed E-state index contributed by atoms with van der Waals surface area (Å²) in [6.07, 6.45) is 2.90. The lowest BCUT2D eigenvalue weighted by Gasteiger charge is -2.31. The molecule has 0 bridgehead atoms. The molecule has 2 heterocycles. The van der Waals surface area contributed by atoms with E-state index >= 15 is 0 Å². The van der Waals surface area contributed by atoms with Crippen molar-refractivity contribution in [2.75, 3.05) is 25.4 Å². The first-order valence-electron chi connectivity index (χ1n) is 9.10. The van der Waals surface area contributed by atoms with Crippen LogP contribution in [0.15, 0.2) is 52.0 Å². The predicted molar refractivity (Wildman–Crippen MR) is 106 cm³/mol. The number of nitrogens with one attached hydrogen (secondary N) is 1. The molecule has 2 aromatic rings. The van der Waals surface area contributed by atoms with Gasteiger partial charge in [0.25, 0.3) is 0 Å². The second-order valence-electron chi connectivity index (χ2n) is 6.58. The summed E-state index contributed by atoms with van der Waals surface area (Å²) in [7, 11) is -3.73. The lowest BCUT2D eigenvalue weighted by molar-refractivity contribution is -0.125. The molecular formula is C19H23FN2O4S2. The highest BCUT2D eigenvalue weighted by Gasteiger charge is 2.33. The smallest absolute Gasteiger partial charge is 0.243 e. The molecular weight excluding hydrogens is 403 g/mol. The molecule has 6 nitrogen and oxygen atoms in total. The number of carbonyl (C=O) groups excluding carboxylic acids is 1. The van der Waals surface area contributed by atoms with Gasteiger partial charge < -0.3 is 9.73 Å². The Morgan fingerprint density at radius 1 is 1.29 bits per heavy atom. The highest BCUT2D eigenvalue weighted by molar-refractivity contribution is 7.98. The van der Waals surface area contributed by atoms with Crippen LogP contribution in [0.5, 0.6) is 0 Å². The highest BCUT2D eigenvalue weighted by Crippen LogP contribution is 2.24. The predicted octanol–water partition coefficient (Wildman–Crippen LogP) is 2.87. The van der Waals surface area contributed by atoms with E-state index < -0.39 is 15.8 Å². The Bertz CT molecular complexity index is 870. The van der Waals surface area contributed by atoms with Crippen molar-refractivity contribution in [1.82, 2.24) is 9.62 Å². The third-order valence-corrected chi connectivity index (χ3v) is 7.44. The van der Waals surface area contributed by atoms with Crippen LogP contribution in [0.4, 0.5) is 4.39 Å². The molecule has 3 rings (SSSR count). The van der Waals surface area contributed by atoms with Crippen LogP contribution in [0.25, 0.3) is 0 Å².